The Hall–Kier alpha value is -1.59. The van der Waals surface area contributed by atoms with Crippen LogP contribution in [0.15, 0.2) is 18.2 Å². The highest BCUT2D eigenvalue weighted by atomic mass is 16.5. The third kappa shape index (κ3) is 5.31. The van der Waals surface area contributed by atoms with Crippen molar-refractivity contribution in [3.8, 4) is 5.75 Å². The summed E-state index contributed by atoms with van der Waals surface area (Å²) in [6.07, 6.45) is 3.56. The number of carbonyl (C=O) groups excluding carboxylic acids is 1. The van der Waals surface area contributed by atoms with Gasteiger partial charge in [0.25, 0.3) is 0 Å². The Labute approximate surface area is 133 Å². The first kappa shape index (κ1) is 16.8. The molecule has 5 nitrogen and oxygen atoms in total. The van der Waals surface area contributed by atoms with Crippen LogP contribution in [-0.4, -0.2) is 51.1 Å². The van der Waals surface area contributed by atoms with E-state index in [1.807, 2.05) is 19.2 Å². The lowest BCUT2D eigenvalue weighted by molar-refractivity contribution is -0.116. The normalized spacial score (nSPS) is 13.9. The van der Waals surface area contributed by atoms with Gasteiger partial charge in [0.15, 0.2) is 0 Å². The minimum Gasteiger partial charge on any atom is -0.494 e. The van der Waals surface area contributed by atoms with Gasteiger partial charge in [0.2, 0.25) is 5.91 Å². The molecule has 1 amide bonds. The van der Waals surface area contributed by atoms with Crippen LogP contribution < -0.4 is 15.4 Å². The first-order valence-electron chi connectivity index (χ1n) is 8.08. The summed E-state index contributed by atoms with van der Waals surface area (Å²) < 4.78 is 5.79. The summed E-state index contributed by atoms with van der Waals surface area (Å²) in [6.45, 7) is 3.90. The average Bonchev–Trinajstić information content (AvgIpc) is 2.52. The summed E-state index contributed by atoms with van der Waals surface area (Å²) in [6, 6.07) is 5.98. The number of unbranched alkanes of at least 4 members (excludes halogenated alkanes) is 1. The molecular weight excluding hydrogens is 278 g/mol. The molecule has 1 aliphatic heterocycles. The molecule has 1 aliphatic rings. The van der Waals surface area contributed by atoms with Crippen LogP contribution in [0.5, 0.6) is 5.75 Å². The molecule has 0 bridgehead atoms. The molecule has 2 N–H and O–H groups in total. The number of fused-ring (bicyclic) bond motifs is 1. The smallest absolute Gasteiger partial charge is 0.224 e. The van der Waals surface area contributed by atoms with Gasteiger partial charge in [-0.05, 0) is 51.5 Å². The highest BCUT2D eigenvalue weighted by Gasteiger charge is 2.14. The fourth-order valence-corrected chi connectivity index (χ4v) is 2.53. The molecule has 2 rings (SSSR count). The predicted molar refractivity (Wildman–Crippen MR) is 89.5 cm³/mol. The van der Waals surface area contributed by atoms with Gasteiger partial charge in [-0.2, -0.15) is 0 Å². The van der Waals surface area contributed by atoms with Crippen LogP contribution in [0.3, 0.4) is 0 Å². The summed E-state index contributed by atoms with van der Waals surface area (Å²) in [5.41, 5.74) is 2.10. The number of rotatable bonds is 9. The maximum atomic E-state index is 11.4. The molecule has 1 heterocycles. The largest absolute Gasteiger partial charge is 0.494 e. The zero-order valence-electron chi connectivity index (χ0n) is 13.7. The number of benzene rings is 1. The SMILES string of the molecule is CNCCN(C)CCCCOc1ccc2c(c1)NC(=O)CC2. The molecule has 0 atom stereocenters. The molecule has 0 fully saturated rings. The zero-order chi connectivity index (χ0) is 15.8. The van der Waals surface area contributed by atoms with E-state index in [4.69, 9.17) is 4.74 Å². The maximum absolute atomic E-state index is 11.4. The van der Waals surface area contributed by atoms with Gasteiger partial charge in [0.1, 0.15) is 5.75 Å². The van der Waals surface area contributed by atoms with Gasteiger partial charge in [-0.25, -0.2) is 0 Å². The average molecular weight is 305 g/mol. The topological polar surface area (TPSA) is 53.6 Å². The Kier molecular flexibility index (Phi) is 6.68. The number of aryl methyl sites for hydroxylation is 1. The van der Waals surface area contributed by atoms with Gasteiger partial charge in [-0.1, -0.05) is 6.07 Å². The van der Waals surface area contributed by atoms with Crippen molar-refractivity contribution in [1.29, 1.82) is 0 Å². The summed E-state index contributed by atoms with van der Waals surface area (Å²) in [4.78, 5) is 13.7. The minimum absolute atomic E-state index is 0.0919. The number of nitrogens with one attached hydrogen (secondary N) is 2. The zero-order valence-corrected chi connectivity index (χ0v) is 13.7. The first-order valence-corrected chi connectivity index (χ1v) is 8.08. The Balaban J connectivity index is 1.67. The molecule has 1 aromatic carbocycles. The number of hydrogen-bond donors (Lipinski definition) is 2. The lowest BCUT2D eigenvalue weighted by Crippen LogP contribution is -2.28. The van der Waals surface area contributed by atoms with E-state index in [9.17, 15) is 4.79 Å². The van der Waals surface area contributed by atoms with E-state index in [0.29, 0.717) is 13.0 Å². The molecule has 0 aromatic heterocycles. The molecule has 0 aliphatic carbocycles. The Morgan fingerprint density at radius 3 is 2.95 bits per heavy atom. The lowest BCUT2D eigenvalue weighted by atomic mass is 10.0. The van der Waals surface area contributed by atoms with Gasteiger partial charge >= 0.3 is 0 Å². The number of carbonyl (C=O) groups is 1. The van der Waals surface area contributed by atoms with Gasteiger partial charge in [-0.3, -0.25) is 4.79 Å². The van der Waals surface area contributed by atoms with Crippen molar-refractivity contribution in [2.24, 2.45) is 0 Å². The highest BCUT2D eigenvalue weighted by Crippen LogP contribution is 2.27. The van der Waals surface area contributed by atoms with Crippen LogP contribution in [0, 0.1) is 0 Å². The van der Waals surface area contributed by atoms with Gasteiger partial charge < -0.3 is 20.3 Å². The van der Waals surface area contributed by atoms with E-state index >= 15 is 0 Å². The quantitative estimate of drug-likeness (QED) is 0.684. The van der Waals surface area contributed by atoms with Crippen LogP contribution in [0.25, 0.3) is 0 Å². The van der Waals surface area contributed by atoms with E-state index in [2.05, 4.69) is 28.6 Å². The van der Waals surface area contributed by atoms with Crippen molar-refractivity contribution >= 4 is 11.6 Å². The minimum atomic E-state index is 0.0919. The van der Waals surface area contributed by atoms with Crippen molar-refractivity contribution in [3.05, 3.63) is 23.8 Å². The number of likely N-dealkylation sites (N-methyl/N-ethyl adjacent to an activating group) is 2. The molecule has 0 unspecified atom stereocenters. The number of ether oxygens (including phenoxy) is 1. The molecule has 1 aromatic rings. The van der Waals surface area contributed by atoms with E-state index < -0.39 is 0 Å². The second-order valence-electron chi connectivity index (χ2n) is 5.83. The molecule has 22 heavy (non-hydrogen) atoms. The number of anilines is 1. The molecule has 122 valence electrons. The number of nitrogens with zero attached hydrogens (tertiary/aromatic N) is 1. The fraction of sp³-hybridized carbons (Fsp3) is 0.588. The second kappa shape index (κ2) is 8.76. The van der Waals surface area contributed by atoms with Crippen molar-refractivity contribution in [2.45, 2.75) is 25.7 Å². The van der Waals surface area contributed by atoms with Crippen molar-refractivity contribution in [3.63, 3.8) is 0 Å². The van der Waals surface area contributed by atoms with E-state index in [0.717, 1.165) is 50.3 Å². The van der Waals surface area contributed by atoms with E-state index in [1.54, 1.807) is 0 Å². The monoisotopic (exact) mass is 305 g/mol. The van der Waals surface area contributed by atoms with E-state index in [1.165, 1.54) is 5.56 Å². The summed E-state index contributed by atoms with van der Waals surface area (Å²) in [5.74, 6) is 0.929. The summed E-state index contributed by atoms with van der Waals surface area (Å²) in [7, 11) is 4.12. The van der Waals surface area contributed by atoms with Gasteiger partial charge in [-0.15, -0.1) is 0 Å². The van der Waals surface area contributed by atoms with Crippen LogP contribution in [0.4, 0.5) is 5.69 Å². The molecule has 0 saturated heterocycles. The molecule has 0 radical (unpaired) electrons. The standard InChI is InChI=1S/C17H27N3O2/c1-18-9-11-20(2)10-3-4-12-22-15-7-5-14-6-8-17(21)19-16(14)13-15/h5,7,13,18H,3-4,6,8-12H2,1-2H3,(H,19,21). The maximum Gasteiger partial charge on any atom is 0.224 e. The lowest BCUT2D eigenvalue weighted by Gasteiger charge is -2.18. The predicted octanol–water partition coefficient (Wildman–Crippen LogP) is 1.88. The first-order chi connectivity index (χ1) is 10.7. The van der Waals surface area contributed by atoms with Crippen molar-refractivity contribution in [2.75, 3.05) is 45.7 Å². The second-order valence-corrected chi connectivity index (χ2v) is 5.83. The molecular formula is C17H27N3O2. The Morgan fingerprint density at radius 2 is 2.14 bits per heavy atom. The Morgan fingerprint density at radius 1 is 1.27 bits per heavy atom. The van der Waals surface area contributed by atoms with Crippen LogP contribution in [0.1, 0.15) is 24.8 Å². The van der Waals surface area contributed by atoms with E-state index in [-0.39, 0.29) is 5.91 Å². The third-order valence-electron chi connectivity index (χ3n) is 3.92. The van der Waals surface area contributed by atoms with Crippen molar-refractivity contribution < 1.29 is 9.53 Å². The molecule has 5 heteroatoms. The number of amides is 1. The third-order valence-corrected chi connectivity index (χ3v) is 3.92. The molecule has 0 saturated carbocycles. The van der Waals surface area contributed by atoms with Crippen LogP contribution >= 0.6 is 0 Å². The summed E-state index contributed by atoms with van der Waals surface area (Å²) >= 11 is 0. The highest BCUT2D eigenvalue weighted by molar-refractivity contribution is 5.94. The number of hydrogen-bond acceptors (Lipinski definition) is 4. The summed E-state index contributed by atoms with van der Waals surface area (Å²) in [5, 5.41) is 6.06. The van der Waals surface area contributed by atoms with Crippen molar-refractivity contribution in [1.82, 2.24) is 10.2 Å². The van der Waals surface area contributed by atoms with Gasteiger partial charge in [0.05, 0.1) is 6.61 Å². The Bertz CT molecular complexity index is 491. The fourth-order valence-electron chi connectivity index (χ4n) is 2.53. The molecule has 0 spiro atoms. The van der Waals surface area contributed by atoms with Crippen LogP contribution in [0.2, 0.25) is 0 Å². The van der Waals surface area contributed by atoms with Gasteiger partial charge in [0, 0.05) is 31.3 Å². The van der Waals surface area contributed by atoms with Crippen LogP contribution in [-0.2, 0) is 11.2 Å².